The van der Waals surface area contributed by atoms with Crippen molar-refractivity contribution in [3.63, 3.8) is 0 Å². The van der Waals surface area contributed by atoms with Crippen LogP contribution in [0.2, 0.25) is 0 Å². The Hall–Kier alpha value is -1.08. The first-order valence-electron chi connectivity index (χ1n) is 5.92. The van der Waals surface area contributed by atoms with Crippen molar-refractivity contribution in [2.45, 2.75) is 31.2 Å². The van der Waals surface area contributed by atoms with Crippen LogP contribution in [0.3, 0.4) is 0 Å². The SMILES string of the molecule is CCc1nn(C)c(CSc2nc(C)cc(=O)[nH]2)c1Br. The molecule has 0 aliphatic carbocycles. The molecule has 1 N–H and O–H groups in total. The van der Waals surface area contributed by atoms with Gasteiger partial charge in [-0.25, -0.2) is 4.98 Å². The minimum atomic E-state index is -0.117. The summed E-state index contributed by atoms with van der Waals surface area (Å²) in [5.41, 5.74) is 2.74. The summed E-state index contributed by atoms with van der Waals surface area (Å²) in [5.74, 6) is 0.705. The van der Waals surface area contributed by atoms with E-state index in [1.54, 1.807) is 0 Å². The summed E-state index contributed by atoms with van der Waals surface area (Å²) in [6.45, 7) is 3.89. The number of H-pyrrole nitrogens is 1. The first-order chi connectivity index (χ1) is 9.01. The van der Waals surface area contributed by atoms with Gasteiger partial charge in [-0.1, -0.05) is 18.7 Å². The highest BCUT2D eigenvalue weighted by atomic mass is 79.9. The number of nitrogens with one attached hydrogen (secondary N) is 1. The molecule has 19 heavy (non-hydrogen) atoms. The molecule has 0 unspecified atom stereocenters. The van der Waals surface area contributed by atoms with Crippen LogP contribution in [-0.4, -0.2) is 19.7 Å². The van der Waals surface area contributed by atoms with E-state index in [9.17, 15) is 4.79 Å². The van der Waals surface area contributed by atoms with Gasteiger partial charge in [0.2, 0.25) is 0 Å². The van der Waals surface area contributed by atoms with Gasteiger partial charge < -0.3 is 4.98 Å². The Kier molecular flexibility index (Phi) is 4.46. The van der Waals surface area contributed by atoms with Crippen molar-refractivity contribution in [2.75, 3.05) is 0 Å². The third kappa shape index (κ3) is 3.27. The first kappa shape index (κ1) is 14.3. The maximum atomic E-state index is 11.4. The molecule has 102 valence electrons. The predicted molar refractivity (Wildman–Crippen MR) is 79.4 cm³/mol. The zero-order chi connectivity index (χ0) is 14.0. The van der Waals surface area contributed by atoms with E-state index in [0.717, 1.165) is 28.0 Å². The van der Waals surface area contributed by atoms with Crippen LogP contribution in [-0.2, 0) is 19.2 Å². The van der Waals surface area contributed by atoms with E-state index in [1.165, 1.54) is 17.8 Å². The van der Waals surface area contributed by atoms with Gasteiger partial charge in [-0.15, -0.1) is 0 Å². The molecule has 0 amide bonds. The summed E-state index contributed by atoms with van der Waals surface area (Å²) >= 11 is 5.07. The molecule has 0 saturated carbocycles. The minimum absolute atomic E-state index is 0.117. The Morgan fingerprint density at radius 2 is 2.26 bits per heavy atom. The van der Waals surface area contributed by atoms with Gasteiger partial charge in [0, 0.05) is 24.6 Å². The lowest BCUT2D eigenvalue weighted by molar-refractivity contribution is 0.719. The van der Waals surface area contributed by atoms with Crippen molar-refractivity contribution >= 4 is 27.7 Å². The number of rotatable bonds is 4. The van der Waals surface area contributed by atoms with E-state index >= 15 is 0 Å². The third-order valence-electron chi connectivity index (χ3n) is 2.70. The Balaban J connectivity index is 2.19. The molecule has 2 aromatic heterocycles. The van der Waals surface area contributed by atoms with Crippen molar-refractivity contribution in [3.05, 3.63) is 38.0 Å². The molecule has 0 saturated heterocycles. The van der Waals surface area contributed by atoms with Crippen molar-refractivity contribution in [1.29, 1.82) is 0 Å². The topological polar surface area (TPSA) is 63.6 Å². The monoisotopic (exact) mass is 342 g/mol. The van der Waals surface area contributed by atoms with Crippen LogP contribution in [0.25, 0.3) is 0 Å². The minimum Gasteiger partial charge on any atom is -0.301 e. The van der Waals surface area contributed by atoms with E-state index in [2.05, 4.69) is 37.9 Å². The van der Waals surface area contributed by atoms with E-state index in [4.69, 9.17) is 0 Å². The van der Waals surface area contributed by atoms with Gasteiger partial charge in [-0.2, -0.15) is 5.10 Å². The number of aromatic nitrogens is 4. The van der Waals surface area contributed by atoms with Crippen LogP contribution in [0.5, 0.6) is 0 Å². The number of nitrogens with zero attached hydrogens (tertiary/aromatic N) is 3. The van der Waals surface area contributed by atoms with Crippen LogP contribution in [0.1, 0.15) is 24.0 Å². The summed E-state index contributed by atoms with van der Waals surface area (Å²) in [5, 5.41) is 5.08. The molecule has 7 heteroatoms. The van der Waals surface area contributed by atoms with Crippen LogP contribution < -0.4 is 5.56 Å². The highest BCUT2D eigenvalue weighted by Crippen LogP contribution is 2.27. The number of hydrogen-bond acceptors (Lipinski definition) is 4. The molecule has 2 aromatic rings. The highest BCUT2D eigenvalue weighted by Gasteiger charge is 2.13. The van der Waals surface area contributed by atoms with Crippen molar-refractivity contribution in [3.8, 4) is 0 Å². The average Bonchev–Trinajstić information content (AvgIpc) is 2.61. The van der Waals surface area contributed by atoms with Crippen molar-refractivity contribution < 1.29 is 0 Å². The number of aryl methyl sites for hydroxylation is 3. The zero-order valence-corrected chi connectivity index (χ0v) is 13.4. The summed E-state index contributed by atoms with van der Waals surface area (Å²) < 4.78 is 2.91. The molecule has 0 spiro atoms. The van der Waals surface area contributed by atoms with Crippen LogP contribution >= 0.6 is 27.7 Å². The van der Waals surface area contributed by atoms with Crippen molar-refractivity contribution in [1.82, 2.24) is 19.7 Å². The lowest BCUT2D eigenvalue weighted by atomic mass is 10.3. The van der Waals surface area contributed by atoms with E-state index in [0.29, 0.717) is 10.9 Å². The Morgan fingerprint density at radius 1 is 1.53 bits per heavy atom. The molecule has 0 radical (unpaired) electrons. The molecule has 0 atom stereocenters. The maximum absolute atomic E-state index is 11.4. The smallest absolute Gasteiger partial charge is 0.251 e. The van der Waals surface area contributed by atoms with Crippen LogP contribution in [0, 0.1) is 6.92 Å². The molecule has 0 aliphatic rings. The van der Waals surface area contributed by atoms with E-state index in [1.807, 2.05) is 18.7 Å². The van der Waals surface area contributed by atoms with E-state index < -0.39 is 0 Å². The Labute approximate surface area is 124 Å². The van der Waals surface area contributed by atoms with Gasteiger partial charge in [0.05, 0.1) is 15.9 Å². The molecule has 0 aromatic carbocycles. The number of halogens is 1. The van der Waals surface area contributed by atoms with Gasteiger partial charge in [0.1, 0.15) is 0 Å². The molecular weight excluding hydrogens is 328 g/mol. The molecule has 0 aliphatic heterocycles. The summed E-state index contributed by atoms with van der Waals surface area (Å²) in [4.78, 5) is 18.4. The van der Waals surface area contributed by atoms with Crippen LogP contribution in [0.4, 0.5) is 0 Å². The second-order valence-corrected chi connectivity index (χ2v) is 5.92. The van der Waals surface area contributed by atoms with Gasteiger partial charge in [0.25, 0.3) is 5.56 Å². The second-order valence-electron chi connectivity index (χ2n) is 4.17. The lowest BCUT2D eigenvalue weighted by Crippen LogP contribution is -2.08. The molecule has 5 nitrogen and oxygen atoms in total. The number of aromatic amines is 1. The fraction of sp³-hybridized carbons (Fsp3) is 0.417. The van der Waals surface area contributed by atoms with Gasteiger partial charge in [-0.05, 0) is 29.3 Å². The lowest BCUT2D eigenvalue weighted by Gasteiger charge is -2.03. The second kappa shape index (κ2) is 5.92. The van der Waals surface area contributed by atoms with Gasteiger partial charge in [0.15, 0.2) is 5.16 Å². The fourth-order valence-corrected chi connectivity index (χ4v) is 3.66. The van der Waals surface area contributed by atoms with Gasteiger partial charge in [-0.3, -0.25) is 9.48 Å². The largest absolute Gasteiger partial charge is 0.301 e. The van der Waals surface area contributed by atoms with Crippen molar-refractivity contribution in [2.24, 2.45) is 7.05 Å². The molecule has 0 fully saturated rings. The highest BCUT2D eigenvalue weighted by molar-refractivity contribution is 9.10. The zero-order valence-electron chi connectivity index (χ0n) is 11.0. The average molecular weight is 343 g/mol. The van der Waals surface area contributed by atoms with Gasteiger partial charge >= 0.3 is 0 Å². The van der Waals surface area contributed by atoms with E-state index in [-0.39, 0.29) is 5.56 Å². The third-order valence-corrected chi connectivity index (χ3v) is 4.50. The quantitative estimate of drug-likeness (QED) is 0.684. The number of hydrogen-bond donors (Lipinski definition) is 1. The predicted octanol–water partition coefficient (Wildman–Crippen LogP) is 2.43. The Morgan fingerprint density at radius 3 is 2.84 bits per heavy atom. The normalized spacial score (nSPS) is 10.9. The standard InChI is InChI=1S/C12H15BrN4OS/c1-4-8-11(13)9(17(3)16-8)6-19-12-14-7(2)5-10(18)15-12/h5H,4,6H2,1-3H3,(H,14,15,18). The van der Waals surface area contributed by atoms with Crippen LogP contribution in [0.15, 0.2) is 20.5 Å². The Bertz CT molecular complexity index is 650. The molecule has 2 heterocycles. The molecule has 0 bridgehead atoms. The summed E-state index contributed by atoms with van der Waals surface area (Å²) in [6, 6.07) is 1.49. The molecular formula is C12H15BrN4OS. The maximum Gasteiger partial charge on any atom is 0.251 e. The first-order valence-corrected chi connectivity index (χ1v) is 7.70. The number of thioether (sulfide) groups is 1. The fourth-order valence-electron chi connectivity index (χ4n) is 1.73. The summed E-state index contributed by atoms with van der Waals surface area (Å²) in [7, 11) is 1.92. The molecule has 2 rings (SSSR count). The summed E-state index contributed by atoms with van der Waals surface area (Å²) in [6.07, 6.45) is 0.888.